The first-order valence-corrected chi connectivity index (χ1v) is 6.55. The largest absolute Gasteiger partial charge is 0.323 e. The van der Waals surface area contributed by atoms with Crippen LogP contribution in [-0.4, -0.2) is 37.1 Å². The Morgan fingerprint density at radius 1 is 1.47 bits per heavy atom. The summed E-state index contributed by atoms with van der Waals surface area (Å²) in [5, 5.41) is 6.72. The highest BCUT2D eigenvalue weighted by atomic mass is 35.5. The predicted octanol–water partition coefficient (Wildman–Crippen LogP) is 2.98. The molecule has 1 aliphatic rings. The summed E-state index contributed by atoms with van der Waals surface area (Å²) in [6.07, 6.45) is 2.16. The molecule has 4 nitrogen and oxygen atoms in total. The summed E-state index contributed by atoms with van der Waals surface area (Å²) < 4.78 is 0. The van der Waals surface area contributed by atoms with E-state index in [0.717, 1.165) is 31.6 Å². The maximum absolute atomic E-state index is 12.1. The van der Waals surface area contributed by atoms with Gasteiger partial charge in [-0.25, -0.2) is 4.79 Å². The number of rotatable bonds is 2. The second-order valence-corrected chi connectivity index (χ2v) is 4.95. The summed E-state index contributed by atoms with van der Waals surface area (Å²) >= 11 is 5.88. The van der Waals surface area contributed by atoms with Crippen LogP contribution in [0.1, 0.15) is 12.8 Å². The number of amides is 2. The number of piperidine rings is 1. The molecule has 0 aromatic heterocycles. The number of likely N-dealkylation sites (N-methyl/N-ethyl adjacent to an activating group) is 1. The van der Waals surface area contributed by atoms with E-state index in [9.17, 15) is 4.79 Å². The van der Waals surface area contributed by atoms with Gasteiger partial charge in [0.25, 0.3) is 0 Å². The van der Waals surface area contributed by atoms with Crippen LogP contribution in [0.4, 0.5) is 10.5 Å². The maximum Gasteiger partial charge on any atom is 0.321 e. The van der Waals surface area contributed by atoms with Gasteiger partial charge in [-0.15, -0.1) is 12.4 Å². The molecule has 6 heteroatoms. The average Bonchev–Trinajstić information content (AvgIpc) is 2.39. The van der Waals surface area contributed by atoms with Crippen molar-refractivity contribution in [2.24, 2.45) is 0 Å². The number of hydrogen-bond acceptors (Lipinski definition) is 2. The van der Waals surface area contributed by atoms with Crippen molar-refractivity contribution < 1.29 is 4.79 Å². The van der Waals surface area contributed by atoms with E-state index < -0.39 is 0 Å². The fraction of sp³-hybridized carbons (Fsp3) is 0.462. The lowest BCUT2D eigenvalue weighted by molar-refractivity contribution is 0.187. The highest BCUT2D eigenvalue weighted by Gasteiger charge is 2.22. The molecular weight excluding hydrogens is 285 g/mol. The van der Waals surface area contributed by atoms with E-state index in [-0.39, 0.29) is 18.4 Å². The van der Waals surface area contributed by atoms with Crippen LogP contribution in [0.3, 0.4) is 0 Å². The zero-order chi connectivity index (χ0) is 13.0. The Labute approximate surface area is 124 Å². The molecule has 2 rings (SSSR count). The Balaban J connectivity index is 0.00000180. The van der Waals surface area contributed by atoms with E-state index in [1.165, 1.54) is 0 Å². The number of likely N-dealkylation sites (tertiary alicyclic amines) is 1. The van der Waals surface area contributed by atoms with Crippen LogP contribution in [-0.2, 0) is 0 Å². The highest BCUT2D eigenvalue weighted by molar-refractivity contribution is 6.30. The lowest BCUT2D eigenvalue weighted by Gasteiger charge is -2.32. The Morgan fingerprint density at radius 3 is 2.95 bits per heavy atom. The number of carbonyl (C=O) groups excluding carboxylic acids is 1. The zero-order valence-corrected chi connectivity index (χ0v) is 12.4. The third-order valence-corrected chi connectivity index (χ3v) is 3.43. The fourth-order valence-electron chi connectivity index (χ4n) is 2.17. The number of carbonyl (C=O) groups is 1. The molecule has 2 amide bonds. The van der Waals surface area contributed by atoms with Crippen molar-refractivity contribution in [1.29, 1.82) is 0 Å². The van der Waals surface area contributed by atoms with Crippen LogP contribution in [0.25, 0.3) is 0 Å². The van der Waals surface area contributed by atoms with Crippen molar-refractivity contribution in [2.45, 2.75) is 18.9 Å². The van der Waals surface area contributed by atoms with Gasteiger partial charge in [-0.05, 0) is 38.1 Å². The molecule has 1 atom stereocenters. The van der Waals surface area contributed by atoms with Crippen molar-refractivity contribution in [3.8, 4) is 0 Å². The van der Waals surface area contributed by atoms with Crippen molar-refractivity contribution >= 4 is 35.7 Å². The SMILES string of the molecule is CN[C@H]1CCCN(C(=O)Nc2cccc(Cl)c2)C1.Cl. The van der Waals surface area contributed by atoms with E-state index in [4.69, 9.17) is 11.6 Å². The normalized spacial score (nSPS) is 18.6. The lowest BCUT2D eigenvalue weighted by Crippen LogP contribution is -2.48. The van der Waals surface area contributed by atoms with Gasteiger partial charge in [0, 0.05) is 29.8 Å². The van der Waals surface area contributed by atoms with Crippen LogP contribution in [0.5, 0.6) is 0 Å². The molecule has 1 fully saturated rings. The standard InChI is InChI=1S/C13H18ClN3O.ClH/c1-15-12-6-3-7-17(9-12)13(18)16-11-5-2-4-10(14)8-11;/h2,4-5,8,12,15H,3,6-7,9H2,1H3,(H,16,18);1H/t12-;/m0./s1. The fourth-order valence-corrected chi connectivity index (χ4v) is 2.36. The number of nitrogens with one attached hydrogen (secondary N) is 2. The molecule has 106 valence electrons. The molecule has 1 aromatic carbocycles. The molecule has 1 aliphatic heterocycles. The number of nitrogens with zero attached hydrogens (tertiary/aromatic N) is 1. The van der Waals surface area contributed by atoms with Gasteiger partial charge < -0.3 is 15.5 Å². The molecule has 0 radical (unpaired) electrons. The van der Waals surface area contributed by atoms with E-state index in [1.54, 1.807) is 12.1 Å². The minimum Gasteiger partial charge on any atom is -0.323 e. The summed E-state index contributed by atoms with van der Waals surface area (Å²) in [5.74, 6) is 0. The first-order chi connectivity index (χ1) is 8.69. The molecule has 1 heterocycles. The van der Waals surface area contributed by atoms with Crippen molar-refractivity contribution in [2.75, 3.05) is 25.5 Å². The van der Waals surface area contributed by atoms with E-state index in [2.05, 4.69) is 10.6 Å². The first-order valence-electron chi connectivity index (χ1n) is 6.18. The van der Waals surface area contributed by atoms with Crippen molar-refractivity contribution in [3.05, 3.63) is 29.3 Å². The van der Waals surface area contributed by atoms with Crippen molar-refractivity contribution in [1.82, 2.24) is 10.2 Å². The van der Waals surface area contributed by atoms with Crippen LogP contribution in [0.2, 0.25) is 5.02 Å². The molecule has 2 N–H and O–H groups in total. The minimum absolute atomic E-state index is 0. The van der Waals surface area contributed by atoms with Gasteiger partial charge in [-0.1, -0.05) is 17.7 Å². The molecular formula is C13H19Cl2N3O. The van der Waals surface area contributed by atoms with Crippen LogP contribution >= 0.6 is 24.0 Å². The number of hydrogen-bond donors (Lipinski definition) is 2. The molecule has 0 bridgehead atoms. The number of anilines is 1. The van der Waals surface area contributed by atoms with Gasteiger partial charge in [0.1, 0.15) is 0 Å². The molecule has 0 aliphatic carbocycles. The smallest absolute Gasteiger partial charge is 0.321 e. The van der Waals surface area contributed by atoms with Gasteiger partial charge in [-0.2, -0.15) is 0 Å². The summed E-state index contributed by atoms with van der Waals surface area (Å²) in [6, 6.07) is 7.53. The Hall–Kier alpha value is -0.970. The molecule has 19 heavy (non-hydrogen) atoms. The molecule has 0 spiro atoms. The Morgan fingerprint density at radius 2 is 2.26 bits per heavy atom. The van der Waals surface area contributed by atoms with Crippen LogP contribution < -0.4 is 10.6 Å². The summed E-state index contributed by atoms with van der Waals surface area (Å²) in [4.78, 5) is 13.9. The van der Waals surface area contributed by atoms with Crippen LogP contribution in [0, 0.1) is 0 Å². The van der Waals surface area contributed by atoms with Gasteiger partial charge in [0.05, 0.1) is 0 Å². The van der Waals surface area contributed by atoms with E-state index in [1.807, 2.05) is 24.1 Å². The lowest BCUT2D eigenvalue weighted by atomic mass is 10.1. The Bertz CT molecular complexity index is 428. The summed E-state index contributed by atoms with van der Waals surface area (Å²) in [6.45, 7) is 1.56. The van der Waals surface area contributed by atoms with Crippen molar-refractivity contribution in [3.63, 3.8) is 0 Å². The molecule has 0 saturated carbocycles. The first kappa shape index (κ1) is 16.1. The quantitative estimate of drug-likeness (QED) is 0.882. The molecule has 1 saturated heterocycles. The van der Waals surface area contributed by atoms with Crippen LogP contribution in [0.15, 0.2) is 24.3 Å². The second kappa shape index (κ2) is 7.58. The van der Waals surface area contributed by atoms with Gasteiger partial charge >= 0.3 is 6.03 Å². The molecule has 1 aromatic rings. The topological polar surface area (TPSA) is 44.4 Å². The Kier molecular flexibility index (Phi) is 6.42. The van der Waals surface area contributed by atoms with Gasteiger partial charge in [-0.3, -0.25) is 0 Å². The zero-order valence-electron chi connectivity index (χ0n) is 10.9. The van der Waals surface area contributed by atoms with E-state index >= 15 is 0 Å². The summed E-state index contributed by atoms with van der Waals surface area (Å²) in [7, 11) is 1.93. The second-order valence-electron chi connectivity index (χ2n) is 4.51. The number of urea groups is 1. The van der Waals surface area contributed by atoms with Gasteiger partial charge in [0.15, 0.2) is 0 Å². The monoisotopic (exact) mass is 303 g/mol. The maximum atomic E-state index is 12.1. The highest BCUT2D eigenvalue weighted by Crippen LogP contribution is 2.16. The third-order valence-electron chi connectivity index (χ3n) is 3.19. The number of halogens is 2. The number of benzene rings is 1. The van der Waals surface area contributed by atoms with Gasteiger partial charge in [0.2, 0.25) is 0 Å². The minimum atomic E-state index is -0.0581. The predicted molar refractivity (Wildman–Crippen MR) is 81.4 cm³/mol. The average molecular weight is 304 g/mol. The molecule has 0 unspecified atom stereocenters. The van der Waals surface area contributed by atoms with E-state index in [0.29, 0.717) is 11.1 Å². The third kappa shape index (κ3) is 4.56. The summed E-state index contributed by atoms with van der Waals surface area (Å²) in [5.41, 5.74) is 0.735.